The van der Waals surface area contributed by atoms with Gasteiger partial charge in [-0.25, -0.2) is 0 Å². The van der Waals surface area contributed by atoms with Crippen LogP contribution in [0.1, 0.15) is 15.9 Å². The Morgan fingerprint density at radius 3 is 2.58 bits per heavy atom. The Balaban J connectivity index is 1.67. The summed E-state index contributed by atoms with van der Waals surface area (Å²) in [5.74, 6) is 0.721. The van der Waals surface area contributed by atoms with Gasteiger partial charge in [0.05, 0.1) is 4.88 Å². The van der Waals surface area contributed by atoms with Crippen LogP contribution in [0.2, 0.25) is 0 Å². The summed E-state index contributed by atoms with van der Waals surface area (Å²) in [7, 11) is 0. The summed E-state index contributed by atoms with van der Waals surface area (Å²) in [4.78, 5) is 22.3. The second-order valence-electron chi connectivity index (χ2n) is 5.53. The minimum atomic E-state index is -0.224. The van der Waals surface area contributed by atoms with Crippen LogP contribution in [-0.4, -0.2) is 25.7 Å². The van der Waals surface area contributed by atoms with Crippen molar-refractivity contribution in [2.45, 2.75) is 6.54 Å². The molecule has 0 aliphatic heterocycles. The van der Waals surface area contributed by atoms with Crippen molar-refractivity contribution < 1.29 is 4.79 Å². The van der Waals surface area contributed by atoms with Gasteiger partial charge in [0, 0.05) is 24.5 Å². The zero-order chi connectivity index (χ0) is 17.8. The van der Waals surface area contributed by atoms with Gasteiger partial charge in [-0.1, -0.05) is 24.3 Å². The number of carbonyl (C=O) groups is 1. The fourth-order valence-electron chi connectivity index (χ4n) is 2.46. The molecule has 1 aromatic carbocycles. The summed E-state index contributed by atoms with van der Waals surface area (Å²) in [5, 5.41) is 9.60. The van der Waals surface area contributed by atoms with Gasteiger partial charge < -0.3 is 5.32 Å². The Hall–Kier alpha value is -3.32. The number of thiophene rings is 1. The van der Waals surface area contributed by atoms with E-state index < -0.39 is 0 Å². The fourth-order valence-corrected chi connectivity index (χ4v) is 3.12. The molecule has 0 fully saturated rings. The molecule has 4 aromatic rings. The molecular weight excluding hydrogens is 346 g/mol. The zero-order valence-corrected chi connectivity index (χ0v) is 14.6. The van der Waals surface area contributed by atoms with E-state index in [1.165, 1.54) is 16.0 Å². The first-order valence-corrected chi connectivity index (χ1v) is 8.93. The van der Waals surface area contributed by atoms with E-state index in [-0.39, 0.29) is 5.91 Å². The lowest BCUT2D eigenvalue weighted by atomic mass is 10.2. The van der Waals surface area contributed by atoms with E-state index >= 15 is 0 Å². The molecule has 4 rings (SSSR count). The summed E-state index contributed by atoms with van der Waals surface area (Å²) >= 11 is 1.53. The van der Waals surface area contributed by atoms with Crippen molar-refractivity contribution >= 4 is 23.2 Å². The molecule has 7 heteroatoms. The minimum Gasteiger partial charge on any atom is -0.350 e. The molecule has 6 nitrogen and oxygen atoms in total. The molecular formula is C19H15N5OS. The monoisotopic (exact) mass is 361 g/mol. The molecule has 0 saturated carbocycles. The SMILES string of the molecule is O=C(c1ccccc1)n1nc(-c2cccs2)nc1NCc1ccncc1. The van der Waals surface area contributed by atoms with Crippen LogP contribution in [0.15, 0.2) is 72.4 Å². The van der Waals surface area contributed by atoms with Gasteiger partial charge in [-0.2, -0.15) is 9.67 Å². The Labute approximate surface area is 154 Å². The van der Waals surface area contributed by atoms with Crippen molar-refractivity contribution in [1.82, 2.24) is 19.7 Å². The number of hydrogen-bond donors (Lipinski definition) is 1. The summed E-state index contributed by atoms with van der Waals surface area (Å²) < 4.78 is 1.32. The van der Waals surface area contributed by atoms with E-state index in [4.69, 9.17) is 0 Å². The second kappa shape index (κ2) is 7.28. The van der Waals surface area contributed by atoms with E-state index in [1.54, 1.807) is 24.5 Å². The highest BCUT2D eigenvalue weighted by atomic mass is 32.1. The van der Waals surface area contributed by atoms with Crippen LogP contribution in [-0.2, 0) is 6.54 Å². The number of carbonyl (C=O) groups excluding carboxylic acids is 1. The van der Waals surface area contributed by atoms with Gasteiger partial charge in [0.25, 0.3) is 5.91 Å². The number of nitrogens with zero attached hydrogens (tertiary/aromatic N) is 4. The van der Waals surface area contributed by atoms with Crippen LogP contribution in [0.4, 0.5) is 5.95 Å². The molecule has 0 radical (unpaired) electrons. The average Bonchev–Trinajstić information content (AvgIpc) is 3.37. The molecule has 0 aliphatic rings. The molecule has 3 aromatic heterocycles. The zero-order valence-electron chi connectivity index (χ0n) is 13.7. The highest BCUT2D eigenvalue weighted by Gasteiger charge is 2.18. The van der Waals surface area contributed by atoms with Crippen LogP contribution >= 0.6 is 11.3 Å². The maximum absolute atomic E-state index is 12.9. The van der Waals surface area contributed by atoms with Crippen LogP contribution in [0.5, 0.6) is 0 Å². The fraction of sp³-hybridized carbons (Fsp3) is 0.0526. The molecule has 0 spiro atoms. The topological polar surface area (TPSA) is 72.7 Å². The number of rotatable bonds is 5. The van der Waals surface area contributed by atoms with Crippen molar-refractivity contribution in [3.63, 3.8) is 0 Å². The molecule has 128 valence electrons. The quantitative estimate of drug-likeness (QED) is 0.587. The lowest BCUT2D eigenvalue weighted by Gasteiger charge is -2.07. The summed E-state index contributed by atoms with van der Waals surface area (Å²) in [6.45, 7) is 0.521. The van der Waals surface area contributed by atoms with Gasteiger partial charge in [0.2, 0.25) is 5.95 Å². The number of nitrogens with one attached hydrogen (secondary N) is 1. The summed E-state index contributed by atoms with van der Waals surface area (Å²) in [6.07, 6.45) is 3.46. The van der Waals surface area contributed by atoms with Gasteiger partial charge in [0.15, 0.2) is 5.82 Å². The summed E-state index contributed by atoms with van der Waals surface area (Å²) in [6, 6.07) is 16.7. The van der Waals surface area contributed by atoms with Crippen LogP contribution < -0.4 is 5.32 Å². The molecule has 0 unspecified atom stereocenters. The molecule has 3 heterocycles. The molecule has 0 bridgehead atoms. The maximum Gasteiger partial charge on any atom is 0.281 e. The van der Waals surface area contributed by atoms with Crippen LogP contribution in [0.25, 0.3) is 10.7 Å². The Kier molecular flexibility index (Phi) is 4.53. The average molecular weight is 361 g/mol. The van der Waals surface area contributed by atoms with Gasteiger partial charge in [0.1, 0.15) is 0 Å². The first kappa shape index (κ1) is 16.2. The Morgan fingerprint density at radius 2 is 1.85 bits per heavy atom. The standard InChI is InChI=1S/C19H15N5OS/c25-18(15-5-2-1-3-6-15)24-19(21-13-14-8-10-20-11-9-14)22-17(23-24)16-7-4-12-26-16/h1-12H,13H2,(H,21,22,23). The van der Waals surface area contributed by atoms with Crippen LogP contribution in [0.3, 0.4) is 0 Å². The molecule has 0 saturated heterocycles. The third-order valence-corrected chi connectivity index (χ3v) is 4.63. The first-order chi connectivity index (χ1) is 12.8. The predicted octanol–water partition coefficient (Wildman–Crippen LogP) is 3.70. The minimum absolute atomic E-state index is 0.224. The largest absolute Gasteiger partial charge is 0.350 e. The molecule has 0 amide bonds. The van der Waals surface area contributed by atoms with Gasteiger partial charge in [-0.3, -0.25) is 9.78 Å². The van der Waals surface area contributed by atoms with Gasteiger partial charge in [-0.05, 0) is 41.3 Å². The van der Waals surface area contributed by atoms with Crippen molar-refractivity contribution in [3.8, 4) is 10.7 Å². The van der Waals surface area contributed by atoms with Crippen molar-refractivity contribution in [2.75, 3.05) is 5.32 Å². The highest BCUT2D eigenvalue weighted by molar-refractivity contribution is 7.13. The van der Waals surface area contributed by atoms with E-state index in [0.717, 1.165) is 10.4 Å². The van der Waals surface area contributed by atoms with E-state index in [2.05, 4.69) is 20.4 Å². The van der Waals surface area contributed by atoms with E-state index in [0.29, 0.717) is 23.9 Å². The third kappa shape index (κ3) is 3.38. The molecule has 26 heavy (non-hydrogen) atoms. The number of pyridine rings is 1. The van der Waals surface area contributed by atoms with Crippen LogP contribution in [0, 0.1) is 0 Å². The van der Waals surface area contributed by atoms with E-state index in [9.17, 15) is 4.79 Å². The Bertz CT molecular complexity index is 997. The number of aromatic nitrogens is 4. The number of hydrogen-bond acceptors (Lipinski definition) is 6. The molecule has 0 atom stereocenters. The van der Waals surface area contributed by atoms with Crippen molar-refractivity contribution in [3.05, 3.63) is 83.5 Å². The van der Waals surface area contributed by atoms with Gasteiger partial charge in [-0.15, -0.1) is 16.4 Å². The number of anilines is 1. The molecule has 0 aliphatic carbocycles. The van der Waals surface area contributed by atoms with Gasteiger partial charge >= 0.3 is 0 Å². The lowest BCUT2D eigenvalue weighted by molar-refractivity contribution is 0.0947. The lowest BCUT2D eigenvalue weighted by Crippen LogP contribution is -2.17. The predicted molar refractivity (Wildman–Crippen MR) is 101 cm³/mol. The summed E-state index contributed by atoms with van der Waals surface area (Å²) in [5.41, 5.74) is 1.60. The van der Waals surface area contributed by atoms with Crippen molar-refractivity contribution in [1.29, 1.82) is 0 Å². The molecule has 1 N–H and O–H groups in total. The second-order valence-corrected chi connectivity index (χ2v) is 6.48. The Morgan fingerprint density at radius 1 is 1.04 bits per heavy atom. The van der Waals surface area contributed by atoms with E-state index in [1.807, 2.05) is 47.8 Å². The third-order valence-electron chi connectivity index (χ3n) is 3.76. The smallest absolute Gasteiger partial charge is 0.281 e. The maximum atomic E-state index is 12.9. The first-order valence-electron chi connectivity index (χ1n) is 8.05. The normalized spacial score (nSPS) is 10.6. The number of benzene rings is 1. The highest BCUT2D eigenvalue weighted by Crippen LogP contribution is 2.23. The van der Waals surface area contributed by atoms with Crippen molar-refractivity contribution in [2.24, 2.45) is 0 Å².